The third-order valence-corrected chi connectivity index (χ3v) is 5.31. The maximum Gasteiger partial charge on any atom is 0.246 e. The Morgan fingerprint density at radius 3 is 2.63 bits per heavy atom. The molecule has 7 nitrogen and oxygen atoms in total. The van der Waals surface area contributed by atoms with E-state index in [1.165, 1.54) is 0 Å². The van der Waals surface area contributed by atoms with Crippen molar-refractivity contribution in [2.24, 2.45) is 0 Å². The summed E-state index contributed by atoms with van der Waals surface area (Å²) in [7, 11) is 0. The normalized spacial score (nSPS) is 11.3. The summed E-state index contributed by atoms with van der Waals surface area (Å²) in [5, 5.41) is 13.1. The van der Waals surface area contributed by atoms with Crippen molar-refractivity contribution in [1.82, 2.24) is 24.4 Å². The van der Waals surface area contributed by atoms with Crippen molar-refractivity contribution in [1.29, 1.82) is 0 Å². The fourth-order valence-corrected chi connectivity index (χ4v) is 3.41. The van der Waals surface area contributed by atoms with E-state index >= 15 is 0 Å². The number of aromatic nitrogens is 5. The maximum atomic E-state index is 6.10. The quantitative estimate of drug-likeness (QED) is 0.422. The number of imidazole rings is 1. The molecule has 0 aliphatic rings. The van der Waals surface area contributed by atoms with Crippen molar-refractivity contribution in [2.45, 2.75) is 20.4 Å². The van der Waals surface area contributed by atoms with Crippen LogP contribution in [0.5, 0.6) is 0 Å². The van der Waals surface area contributed by atoms with Gasteiger partial charge in [-0.2, -0.15) is 9.61 Å². The first-order valence-electron chi connectivity index (χ1n) is 9.52. The van der Waals surface area contributed by atoms with Gasteiger partial charge in [0, 0.05) is 28.5 Å². The van der Waals surface area contributed by atoms with Crippen LogP contribution in [0.2, 0.25) is 5.02 Å². The minimum Gasteiger partial charge on any atom is -0.417 e. The molecule has 3 heterocycles. The molecule has 1 N–H and O–H groups in total. The lowest BCUT2D eigenvalue weighted by atomic mass is 10.1. The van der Waals surface area contributed by atoms with Crippen LogP contribution >= 0.6 is 11.6 Å². The van der Waals surface area contributed by atoms with Gasteiger partial charge in [0.25, 0.3) is 0 Å². The molecule has 0 unspecified atom stereocenters. The van der Waals surface area contributed by atoms with Gasteiger partial charge in [-0.05, 0) is 55.3 Å². The van der Waals surface area contributed by atoms with Crippen LogP contribution in [-0.4, -0.2) is 24.4 Å². The number of hydrogen-bond acceptors (Lipinski definition) is 5. The zero-order valence-electron chi connectivity index (χ0n) is 16.5. The highest BCUT2D eigenvalue weighted by Gasteiger charge is 2.11. The molecule has 3 aromatic heterocycles. The number of anilines is 2. The number of benzene rings is 2. The monoisotopic (exact) mass is 418 g/mol. The Kier molecular flexibility index (Phi) is 4.52. The van der Waals surface area contributed by atoms with Gasteiger partial charge in [-0.3, -0.25) is 4.68 Å². The largest absolute Gasteiger partial charge is 0.417 e. The Bertz CT molecular complexity index is 1330. The molecule has 0 atom stereocenters. The van der Waals surface area contributed by atoms with Gasteiger partial charge in [0.15, 0.2) is 5.82 Å². The third-order valence-electron chi connectivity index (χ3n) is 4.88. The van der Waals surface area contributed by atoms with Gasteiger partial charge in [0.05, 0.1) is 12.7 Å². The highest BCUT2D eigenvalue weighted by atomic mass is 35.5. The molecule has 0 radical (unpaired) electrons. The summed E-state index contributed by atoms with van der Waals surface area (Å²) in [4.78, 5) is 4.17. The van der Waals surface area contributed by atoms with Crippen LogP contribution in [0.15, 0.2) is 65.3 Å². The van der Waals surface area contributed by atoms with Crippen molar-refractivity contribution in [3.05, 3.63) is 82.9 Å². The molecule has 150 valence electrons. The molecule has 0 spiro atoms. The fraction of sp³-hybridized carbons (Fsp3) is 0.136. The maximum absolute atomic E-state index is 6.10. The van der Waals surface area contributed by atoms with E-state index in [0.29, 0.717) is 18.1 Å². The first-order chi connectivity index (χ1) is 14.5. The smallest absolute Gasteiger partial charge is 0.246 e. The van der Waals surface area contributed by atoms with Crippen LogP contribution in [0.4, 0.5) is 11.5 Å². The minimum absolute atomic E-state index is 0.560. The average Bonchev–Trinajstić information content (AvgIpc) is 3.44. The van der Waals surface area contributed by atoms with Gasteiger partial charge in [-0.15, -0.1) is 5.10 Å². The molecule has 0 aliphatic carbocycles. The first kappa shape index (κ1) is 18.4. The summed E-state index contributed by atoms with van der Waals surface area (Å²) in [6.07, 6.45) is 3.62. The number of halogens is 1. The summed E-state index contributed by atoms with van der Waals surface area (Å²) >= 11 is 6.10. The van der Waals surface area contributed by atoms with Crippen LogP contribution in [0.25, 0.3) is 17.2 Å². The molecular formula is C22H19ClN6O. The Morgan fingerprint density at radius 1 is 1.03 bits per heavy atom. The number of hydrogen-bond donors (Lipinski definition) is 1. The number of aryl methyl sites for hydroxylation is 2. The van der Waals surface area contributed by atoms with E-state index in [1.54, 1.807) is 10.7 Å². The lowest BCUT2D eigenvalue weighted by Gasteiger charge is -2.06. The van der Waals surface area contributed by atoms with Crippen molar-refractivity contribution in [3.8, 4) is 11.5 Å². The second-order valence-electron chi connectivity index (χ2n) is 7.15. The van der Waals surface area contributed by atoms with Gasteiger partial charge in [0.2, 0.25) is 11.6 Å². The molecule has 8 heteroatoms. The van der Waals surface area contributed by atoms with Gasteiger partial charge >= 0.3 is 0 Å². The lowest BCUT2D eigenvalue weighted by Crippen LogP contribution is -2.01. The molecule has 0 amide bonds. The van der Waals surface area contributed by atoms with Gasteiger partial charge < -0.3 is 9.73 Å². The van der Waals surface area contributed by atoms with Gasteiger partial charge in [0.1, 0.15) is 5.82 Å². The molecule has 0 bridgehead atoms. The average molecular weight is 419 g/mol. The van der Waals surface area contributed by atoms with Crippen LogP contribution < -0.4 is 5.32 Å². The fourth-order valence-electron chi connectivity index (χ4n) is 3.29. The summed E-state index contributed by atoms with van der Waals surface area (Å²) in [5.41, 5.74) is 4.68. The predicted octanol–water partition coefficient (Wildman–Crippen LogP) is 5.25. The van der Waals surface area contributed by atoms with Crippen molar-refractivity contribution >= 4 is 28.8 Å². The molecule has 5 aromatic rings. The summed E-state index contributed by atoms with van der Waals surface area (Å²) in [5.74, 6) is 2.13. The van der Waals surface area contributed by atoms with E-state index in [9.17, 15) is 0 Å². The Balaban J connectivity index is 1.28. The van der Waals surface area contributed by atoms with Crippen LogP contribution in [0.3, 0.4) is 0 Å². The van der Waals surface area contributed by atoms with E-state index in [0.717, 1.165) is 39.0 Å². The second-order valence-corrected chi connectivity index (χ2v) is 7.55. The first-order valence-corrected chi connectivity index (χ1v) is 9.90. The van der Waals surface area contributed by atoms with Crippen LogP contribution in [0, 0.1) is 13.8 Å². The number of nitrogens with one attached hydrogen (secondary N) is 1. The molecular weight excluding hydrogens is 400 g/mol. The molecule has 5 rings (SSSR count). The molecule has 0 saturated carbocycles. The van der Waals surface area contributed by atoms with E-state index in [-0.39, 0.29) is 0 Å². The SMILES string of the molecule is Cc1cc(Cn2ccc(Nc3ccc(-c4nn5c(C)ncc5o4)cc3)n2)ccc1Cl. The summed E-state index contributed by atoms with van der Waals surface area (Å²) in [6, 6.07) is 15.8. The second kappa shape index (κ2) is 7.35. The van der Waals surface area contributed by atoms with E-state index in [1.807, 2.05) is 67.2 Å². The van der Waals surface area contributed by atoms with Crippen LogP contribution in [-0.2, 0) is 6.54 Å². The Labute approximate surface area is 177 Å². The zero-order chi connectivity index (χ0) is 20.7. The lowest BCUT2D eigenvalue weighted by molar-refractivity contribution is 0.617. The third kappa shape index (κ3) is 3.55. The van der Waals surface area contributed by atoms with Crippen LogP contribution in [0.1, 0.15) is 17.0 Å². The number of rotatable bonds is 5. The predicted molar refractivity (Wildman–Crippen MR) is 116 cm³/mol. The molecule has 0 aliphatic heterocycles. The zero-order valence-corrected chi connectivity index (χ0v) is 17.3. The minimum atomic E-state index is 0.560. The summed E-state index contributed by atoms with van der Waals surface area (Å²) < 4.78 is 9.34. The molecule has 0 saturated heterocycles. The van der Waals surface area contributed by atoms with E-state index in [2.05, 4.69) is 26.6 Å². The summed E-state index contributed by atoms with van der Waals surface area (Å²) in [6.45, 7) is 4.58. The van der Waals surface area contributed by atoms with Gasteiger partial charge in [-0.25, -0.2) is 4.98 Å². The van der Waals surface area contributed by atoms with Gasteiger partial charge in [-0.1, -0.05) is 23.7 Å². The topological polar surface area (TPSA) is 73.2 Å². The highest BCUT2D eigenvalue weighted by molar-refractivity contribution is 6.31. The van der Waals surface area contributed by atoms with Crippen molar-refractivity contribution in [2.75, 3.05) is 5.32 Å². The number of fused-ring (bicyclic) bond motifs is 1. The standard InChI is InChI=1S/C22H19ClN6O/c1-14-11-16(3-8-19(14)23)13-28-10-9-20(26-28)25-18-6-4-17(5-7-18)22-27-29-15(2)24-12-21(29)30-22/h3-12H,13H2,1-2H3,(H,25,26). The van der Waals surface area contributed by atoms with E-state index in [4.69, 9.17) is 16.0 Å². The van der Waals surface area contributed by atoms with Crippen molar-refractivity contribution < 1.29 is 4.42 Å². The number of nitrogens with zero attached hydrogens (tertiary/aromatic N) is 5. The molecule has 30 heavy (non-hydrogen) atoms. The molecule has 0 fully saturated rings. The van der Waals surface area contributed by atoms with E-state index < -0.39 is 0 Å². The van der Waals surface area contributed by atoms with Crippen molar-refractivity contribution in [3.63, 3.8) is 0 Å². The highest BCUT2D eigenvalue weighted by Crippen LogP contribution is 2.24. The Morgan fingerprint density at radius 2 is 1.87 bits per heavy atom. The molecule has 2 aromatic carbocycles. The Hall–Kier alpha value is -3.58.